The Hall–Kier alpha value is -3.97. The SMILES string of the molecule is Cc1nc(COc2ccc(/C=C/C(=O)Nc3cccc(OCc4cccnc4)c3)cc2)cs1. The molecule has 0 saturated heterocycles. The molecular weight excluding hydrogens is 434 g/mol. The molecule has 0 atom stereocenters. The Labute approximate surface area is 196 Å². The molecule has 166 valence electrons. The first kappa shape index (κ1) is 22.2. The molecule has 2 aromatic heterocycles. The number of hydrogen-bond donors (Lipinski definition) is 1. The van der Waals surface area contributed by atoms with E-state index in [1.54, 1.807) is 35.9 Å². The van der Waals surface area contributed by atoms with Crippen molar-refractivity contribution in [3.8, 4) is 11.5 Å². The second kappa shape index (κ2) is 11.1. The van der Waals surface area contributed by atoms with Gasteiger partial charge in [-0.25, -0.2) is 4.98 Å². The smallest absolute Gasteiger partial charge is 0.248 e. The van der Waals surface area contributed by atoms with Crippen molar-refractivity contribution in [2.24, 2.45) is 0 Å². The predicted molar refractivity (Wildman–Crippen MR) is 130 cm³/mol. The number of hydrogen-bond acceptors (Lipinski definition) is 6. The van der Waals surface area contributed by atoms with Gasteiger partial charge in [0, 0.05) is 41.2 Å². The highest BCUT2D eigenvalue weighted by Gasteiger charge is 2.03. The first-order valence-corrected chi connectivity index (χ1v) is 11.3. The van der Waals surface area contributed by atoms with Gasteiger partial charge in [0.25, 0.3) is 0 Å². The number of nitrogens with one attached hydrogen (secondary N) is 1. The van der Waals surface area contributed by atoms with Crippen molar-refractivity contribution in [3.63, 3.8) is 0 Å². The van der Waals surface area contributed by atoms with Gasteiger partial charge in [0.1, 0.15) is 24.7 Å². The van der Waals surface area contributed by atoms with Crippen LogP contribution in [0.4, 0.5) is 5.69 Å². The second-order valence-corrected chi connectivity index (χ2v) is 8.28. The van der Waals surface area contributed by atoms with E-state index in [0.29, 0.717) is 24.7 Å². The van der Waals surface area contributed by atoms with Crippen LogP contribution in [0.1, 0.15) is 21.8 Å². The molecule has 0 spiro atoms. The Balaban J connectivity index is 1.27. The van der Waals surface area contributed by atoms with Crippen LogP contribution in [0, 0.1) is 6.92 Å². The molecule has 0 aliphatic carbocycles. The molecule has 2 aromatic carbocycles. The van der Waals surface area contributed by atoms with Crippen LogP contribution in [0.15, 0.2) is 84.5 Å². The number of nitrogens with zero attached hydrogens (tertiary/aromatic N) is 2. The van der Waals surface area contributed by atoms with E-state index in [1.807, 2.05) is 66.9 Å². The predicted octanol–water partition coefficient (Wildman–Crippen LogP) is 5.66. The highest BCUT2D eigenvalue weighted by molar-refractivity contribution is 7.09. The number of aromatic nitrogens is 2. The Morgan fingerprint density at radius 3 is 2.64 bits per heavy atom. The van der Waals surface area contributed by atoms with Crippen LogP contribution in [-0.4, -0.2) is 15.9 Å². The number of carbonyl (C=O) groups is 1. The molecule has 0 fully saturated rings. The highest BCUT2D eigenvalue weighted by Crippen LogP contribution is 2.19. The maximum Gasteiger partial charge on any atom is 0.248 e. The van der Waals surface area contributed by atoms with Crippen molar-refractivity contribution >= 4 is 29.0 Å². The lowest BCUT2D eigenvalue weighted by molar-refractivity contribution is -0.111. The Morgan fingerprint density at radius 1 is 1.03 bits per heavy atom. The normalized spacial score (nSPS) is 10.8. The number of carbonyl (C=O) groups excluding carboxylic acids is 1. The first-order chi connectivity index (χ1) is 16.1. The van der Waals surface area contributed by atoms with Crippen LogP contribution in [-0.2, 0) is 18.0 Å². The number of amides is 1. The molecule has 4 rings (SSSR count). The summed E-state index contributed by atoms with van der Waals surface area (Å²) in [5, 5.41) is 5.87. The molecule has 0 aliphatic heterocycles. The lowest BCUT2D eigenvalue weighted by Crippen LogP contribution is -2.07. The molecule has 0 saturated carbocycles. The second-order valence-electron chi connectivity index (χ2n) is 7.22. The van der Waals surface area contributed by atoms with Crippen LogP contribution in [0.2, 0.25) is 0 Å². The van der Waals surface area contributed by atoms with Crippen molar-refractivity contribution in [2.75, 3.05) is 5.32 Å². The van der Waals surface area contributed by atoms with Gasteiger partial charge < -0.3 is 14.8 Å². The van der Waals surface area contributed by atoms with E-state index >= 15 is 0 Å². The maximum absolute atomic E-state index is 12.3. The summed E-state index contributed by atoms with van der Waals surface area (Å²) in [7, 11) is 0. The number of ether oxygens (including phenoxy) is 2. The Kier molecular flexibility index (Phi) is 7.45. The number of benzene rings is 2. The van der Waals surface area contributed by atoms with Crippen molar-refractivity contribution in [1.82, 2.24) is 9.97 Å². The number of anilines is 1. The van der Waals surface area contributed by atoms with E-state index in [9.17, 15) is 4.79 Å². The molecule has 7 heteroatoms. The maximum atomic E-state index is 12.3. The minimum atomic E-state index is -0.223. The molecule has 0 unspecified atom stereocenters. The van der Waals surface area contributed by atoms with Crippen LogP contribution < -0.4 is 14.8 Å². The molecule has 2 heterocycles. The van der Waals surface area contributed by atoms with E-state index < -0.39 is 0 Å². The molecule has 0 bridgehead atoms. The lowest BCUT2D eigenvalue weighted by Gasteiger charge is -2.08. The third-order valence-electron chi connectivity index (χ3n) is 4.59. The van der Waals surface area contributed by atoms with Gasteiger partial charge in [-0.3, -0.25) is 9.78 Å². The van der Waals surface area contributed by atoms with Crippen molar-refractivity contribution in [1.29, 1.82) is 0 Å². The molecular formula is C26H23N3O3S. The zero-order chi connectivity index (χ0) is 22.9. The number of thiazole rings is 1. The van der Waals surface area contributed by atoms with Gasteiger partial charge in [-0.2, -0.15) is 0 Å². The standard InChI is InChI=1S/C26H23N3O3S/c1-19-28-23(18-33-19)17-32-24-10-7-20(8-11-24)9-12-26(30)29-22-5-2-6-25(14-22)31-16-21-4-3-13-27-15-21/h2-15,18H,16-17H2,1H3,(H,29,30)/b12-9+. The van der Waals surface area contributed by atoms with Gasteiger partial charge in [0.05, 0.1) is 10.7 Å². The molecule has 6 nitrogen and oxygen atoms in total. The summed E-state index contributed by atoms with van der Waals surface area (Å²) in [6.45, 7) is 2.82. The van der Waals surface area contributed by atoms with Crippen LogP contribution in [0.5, 0.6) is 11.5 Å². The number of aryl methyl sites for hydroxylation is 1. The fourth-order valence-corrected chi connectivity index (χ4v) is 3.57. The quantitative estimate of drug-likeness (QED) is 0.329. The van der Waals surface area contributed by atoms with Crippen molar-refractivity contribution < 1.29 is 14.3 Å². The minimum absolute atomic E-state index is 0.223. The van der Waals surface area contributed by atoms with E-state index in [2.05, 4.69) is 15.3 Å². The van der Waals surface area contributed by atoms with E-state index in [0.717, 1.165) is 27.6 Å². The van der Waals surface area contributed by atoms with Gasteiger partial charge in [-0.15, -0.1) is 11.3 Å². The number of rotatable bonds is 9. The lowest BCUT2D eigenvalue weighted by atomic mass is 10.2. The van der Waals surface area contributed by atoms with Crippen molar-refractivity contribution in [2.45, 2.75) is 20.1 Å². The largest absolute Gasteiger partial charge is 0.489 e. The third-order valence-corrected chi connectivity index (χ3v) is 5.41. The summed E-state index contributed by atoms with van der Waals surface area (Å²) in [5.41, 5.74) is 3.46. The molecule has 4 aromatic rings. The monoisotopic (exact) mass is 457 g/mol. The summed E-state index contributed by atoms with van der Waals surface area (Å²) < 4.78 is 11.5. The Morgan fingerprint density at radius 2 is 1.88 bits per heavy atom. The molecule has 33 heavy (non-hydrogen) atoms. The third kappa shape index (κ3) is 7.02. The highest BCUT2D eigenvalue weighted by atomic mass is 32.1. The van der Waals surface area contributed by atoms with Crippen molar-refractivity contribution in [3.05, 3.63) is 106 Å². The average Bonchev–Trinajstić information content (AvgIpc) is 3.27. The van der Waals surface area contributed by atoms with Gasteiger partial charge in [-0.05, 0) is 48.9 Å². The summed E-state index contributed by atoms with van der Waals surface area (Å²) in [4.78, 5) is 20.8. The molecule has 0 radical (unpaired) electrons. The zero-order valence-electron chi connectivity index (χ0n) is 18.1. The van der Waals surface area contributed by atoms with Gasteiger partial charge in [0.2, 0.25) is 5.91 Å². The average molecular weight is 458 g/mol. The fourth-order valence-electron chi connectivity index (χ4n) is 2.98. The summed E-state index contributed by atoms with van der Waals surface area (Å²) >= 11 is 1.61. The zero-order valence-corrected chi connectivity index (χ0v) is 18.9. The minimum Gasteiger partial charge on any atom is -0.489 e. The molecule has 0 aliphatic rings. The van der Waals surface area contributed by atoms with E-state index in [4.69, 9.17) is 9.47 Å². The molecule has 1 amide bonds. The van der Waals surface area contributed by atoms with E-state index in [1.165, 1.54) is 6.08 Å². The van der Waals surface area contributed by atoms with E-state index in [-0.39, 0.29) is 5.91 Å². The Bertz CT molecular complexity index is 1220. The van der Waals surface area contributed by atoms with Crippen LogP contribution in [0.25, 0.3) is 6.08 Å². The number of pyridine rings is 1. The topological polar surface area (TPSA) is 73.3 Å². The fraction of sp³-hybridized carbons (Fsp3) is 0.115. The van der Waals surface area contributed by atoms with Gasteiger partial charge in [-0.1, -0.05) is 24.3 Å². The summed E-state index contributed by atoms with van der Waals surface area (Å²) in [6, 6.07) is 18.7. The van der Waals surface area contributed by atoms with Crippen LogP contribution in [0.3, 0.4) is 0 Å². The first-order valence-electron chi connectivity index (χ1n) is 10.4. The van der Waals surface area contributed by atoms with Gasteiger partial charge >= 0.3 is 0 Å². The van der Waals surface area contributed by atoms with Crippen LogP contribution >= 0.6 is 11.3 Å². The van der Waals surface area contributed by atoms with Gasteiger partial charge in [0.15, 0.2) is 0 Å². The molecule has 1 N–H and O–H groups in total. The summed E-state index contributed by atoms with van der Waals surface area (Å²) in [6.07, 6.45) is 6.74. The summed E-state index contributed by atoms with van der Waals surface area (Å²) in [5.74, 6) is 1.20.